The summed E-state index contributed by atoms with van der Waals surface area (Å²) in [6, 6.07) is 13.7. The van der Waals surface area contributed by atoms with Crippen LogP contribution >= 0.6 is 11.6 Å². The lowest BCUT2D eigenvalue weighted by molar-refractivity contribution is -0.116. The van der Waals surface area contributed by atoms with E-state index in [0.717, 1.165) is 67.7 Å². The number of benzene rings is 2. The van der Waals surface area contributed by atoms with Crippen LogP contribution in [0.15, 0.2) is 54.9 Å². The van der Waals surface area contributed by atoms with Crippen LogP contribution in [0.4, 0.5) is 11.4 Å². The molecular formula is C31H38ClN5O3. The van der Waals surface area contributed by atoms with Gasteiger partial charge in [0.25, 0.3) is 5.91 Å². The molecule has 1 aromatic heterocycles. The Morgan fingerprint density at radius 2 is 1.70 bits per heavy atom. The second kappa shape index (κ2) is 13.3. The highest BCUT2D eigenvalue weighted by molar-refractivity contribution is 6.33. The summed E-state index contributed by atoms with van der Waals surface area (Å²) >= 11 is 6.57. The molecule has 0 aliphatic carbocycles. The van der Waals surface area contributed by atoms with Crippen LogP contribution in [-0.4, -0.2) is 65.9 Å². The van der Waals surface area contributed by atoms with Crippen LogP contribution in [0.25, 0.3) is 0 Å². The minimum absolute atomic E-state index is 0.0141. The molecule has 212 valence electrons. The average Bonchev–Trinajstić information content (AvgIpc) is 3.47. The van der Waals surface area contributed by atoms with Crippen LogP contribution < -0.4 is 9.80 Å². The van der Waals surface area contributed by atoms with E-state index in [-0.39, 0.29) is 11.8 Å². The monoisotopic (exact) mass is 563 g/mol. The molecule has 1 fully saturated rings. The summed E-state index contributed by atoms with van der Waals surface area (Å²) in [5.74, 6) is -0.00976. The molecule has 0 N–H and O–H groups in total. The van der Waals surface area contributed by atoms with Gasteiger partial charge in [0.15, 0.2) is 0 Å². The maximum atomic E-state index is 14.0. The van der Waals surface area contributed by atoms with Gasteiger partial charge in [-0.05, 0) is 54.3 Å². The summed E-state index contributed by atoms with van der Waals surface area (Å²) < 4.78 is 7.38. The van der Waals surface area contributed by atoms with Gasteiger partial charge >= 0.3 is 0 Å². The van der Waals surface area contributed by atoms with E-state index < -0.39 is 0 Å². The fourth-order valence-corrected chi connectivity index (χ4v) is 5.79. The smallest absolute Gasteiger partial charge is 0.254 e. The first-order valence-electron chi connectivity index (χ1n) is 14.3. The van der Waals surface area contributed by atoms with E-state index in [0.29, 0.717) is 50.0 Å². The number of nitrogens with zero attached hydrogens (tertiary/aromatic N) is 5. The molecule has 2 amide bonds. The van der Waals surface area contributed by atoms with Crippen LogP contribution in [0.5, 0.6) is 0 Å². The van der Waals surface area contributed by atoms with Crippen LogP contribution in [0.1, 0.15) is 60.5 Å². The molecule has 0 bridgehead atoms. The largest absolute Gasteiger partial charge is 0.378 e. The minimum atomic E-state index is -0.0239. The van der Waals surface area contributed by atoms with E-state index in [9.17, 15) is 9.59 Å². The topological polar surface area (TPSA) is 70.9 Å². The lowest BCUT2D eigenvalue weighted by atomic mass is 10.0. The van der Waals surface area contributed by atoms with Crippen LogP contribution in [0.2, 0.25) is 5.02 Å². The molecule has 3 heterocycles. The molecule has 2 aromatic carbocycles. The lowest BCUT2D eigenvalue weighted by Crippen LogP contribution is -2.37. The van der Waals surface area contributed by atoms with Gasteiger partial charge in [0.1, 0.15) is 0 Å². The molecule has 5 rings (SSSR count). The Hall–Kier alpha value is -3.36. The van der Waals surface area contributed by atoms with Gasteiger partial charge in [-0.2, -0.15) is 5.10 Å². The van der Waals surface area contributed by atoms with Crippen LogP contribution in [-0.2, 0) is 22.6 Å². The summed E-state index contributed by atoms with van der Waals surface area (Å²) in [5, 5.41) is 4.98. The third-order valence-corrected chi connectivity index (χ3v) is 8.05. The Labute approximate surface area is 241 Å². The second-order valence-electron chi connectivity index (χ2n) is 10.6. The van der Waals surface area contributed by atoms with Gasteiger partial charge in [-0.15, -0.1) is 0 Å². The Kier molecular flexibility index (Phi) is 9.39. The fourth-order valence-electron chi connectivity index (χ4n) is 5.56. The summed E-state index contributed by atoms with van der Waals surface area (Å²) in [6.45, 7) is 6.77. The maximum Gasteiger partial charge on any atom is 0.254 e. The number of hydrogen-bond donors (Lipinski definition) is 0. The van der Waals surface area contributed by atoms with Crippen LogP contribution in [0.3, 0.4) is 0 Å². The van der Waals surface area contributed by atoms with Crippen molar-refractivity contribution in [2.45, 2.75) is 52.1 Å². The number of hydrogen-bond acceptors (Lipinski definition) is 5. The Balaban J connectivity index is 1.47. The van der Waals surface area contributed by atoms with Gasteiger partial charge in [0.2, 0.25) is 5.91 Å². The van der Waals surface area contributed by atoms with E-state index in [1.165, 1.54) is 0 Å². The highest BCUT2D eigenvalue weighted by Crippen LogP contribution is 2.30. The van der Waals surface area contributed by atoms with Gasteiger partial charge in [-0.3, -0.25) is 14.3 Å². The Morgan fingerprint density at radius 1 is 0.925 bits per heavy atom. The van der Waals surface area contributed by atoms with Gasteiger partial charge in [0, 0.05) is 63.3 Å². The maximum absolute atomic E-state index is 14.0. The average molecular weight is 564 g/mol. The van der Waals surface area contributed by atoms with Crippen molar-refractivity contribution in [1.82, 2.24) is 14.7 Å². The van der Waals surface area contributed by atoms with E-state index in [1.807, 2.05) is 44.9 Å². The number of halogens is 1. The first-order valence-corrected chi connectivity index (χ1v) is 14.7. The van der Waals surface area contributed by atoms with Crippen molar-refractivity contribution in [3.63, 3.8) is 0 Å². The molecule has 8 nitrogen and oxygen atoms in total. The van der Waals surface area contributed by atoms with Crippen molar-refractivity contribution in [1.29, 1.82) is 0 Å². The normalized spacial score (nSPS) is 17.1. The molecule has 0 atom stereocenters. The number of fused-ring (bicyclic) bond motifs is 1. The molecule has 2 aliphatic heterocycles. The van der Waals surface area contributed by atoms with Crippen molar-refractivity contribution < 1.29 is 14.3 Å². The van der Waals surface area contributed by atoms with Crippen molar-refractivity contribution in [2.75, 3.05) is 49.2 Å². The molecule has 0 spiro atoms. The molecule has 0 unspecified atom stereocenters. The van der Waals surface area contributed by atoms with Crippen LogP contribution in [0, 0.1) is 0 Å². The summed E-state index contributed by atoms with van der Waals surface area (Å²) in [7, 11) is 0. The number of amides is 2. The summed E-state index contributed by atoms with van der Waals surface area (Å²) in [5.41, 5.74) is 4.40. The van der Waals surface area contributed by atoms with Gasteiger partial charge < -0.3 is 19.4 Å². The molecule has 40 heavy (non-hydrogen) atoms. The molecule has 2 aliphatic rings. The van der Waals surface area contributed by atoms with E-state index >= 15 is 0 Å². The third-order valence-electron chi connectivity index (χ3n) is 7.73. The second-order valence-corrected chi connectivity index (χ2v) is 11.0. The molecule has 0 saturated carbocycles. The first-order chi connectivity index (χ1) is 19.5. The first kappa shape index (κ1) is 28.2. The number of anilines is 2. The number of ether oxygens (including phenoxy) is 1. The van der Waals surface area contributed by atoms with Crippen molar-refractivity contribution in [3.8, 4) is 0 Å². The number of morpholine rings is 1. The number of carbonyl (C=O) groups is 2. The van der Waals surface area contributed by atoms with Gasteiger partial charge in [-0.1, -0.05) is 43.0 Å². The summed E-state index contributed by atoms with van der Waals surface area (Å²) in [4.78, 5) is 32.9. The predicted octanol–water partition coefficient (Wildman–Crippen LogP) is 5.38. The molecule has 1 saturated heterocycles. The van der Waals surface area contributed by atoms with E-state index in [4.69, 9.17) is 16.3 Å². The highest BCUT2D eigenvalue weighted by Gasteiger charge is 2.24. The van der Waals surface area contributed by atoms with Crippen molar-refractivity contribution >= 4 is 34.8 Å². The van der Waals surface area contributed by atoms with Gasteiger partial charge in [-0.25, -0.2) is 0 Å². The fraction of sp³-hybridized carbons (Fsp3) is 0.452. The molecule has 3 aromatic rings. The number of rotatable bonds is 4. The zero-order valence-corrected chi connectivity index (χ0v) is 24.0. The SMILES string of the molecule is CC(=O)N1CCCCCCCN(C(=O)c2ccc(Cl)c(N3CCOCC3)c2)Cc2ccc(Cn3cccn3)cc21. The molecule has 0 radical (unpaired) electrons. The van der Waals surface area contributed by atoms with Gasteiger partial charge in [0.05, 0.1) is 30.5 Å². The molecule has 9 heteroatoms. The number of carbonyl (C=O) groups excluding carboxylic acids is 2. The third kappa shape index (κ3) is 6.85. The lowest BCUT2D eigenvalue weighted by Gasteiger charge is -2.31. The predicted molar refractivity (Wildman–Crippen MR) is 158 cm³/mol. The Bertz CT molecular complexity index is 1310. The highest BCUT2D eigenvalue weighted by atomic mass is 35.5. The van der Waals surface area contributed by atoms with E-state index in [1.54, 1.807) is 13.1 Å². The quantitative estimate of drug-likeness (QED) is 0.426. The van der Waals surface area contributed by atoms with E-state index in [2.05, 4.69) is 28.2 Å². The standard InChI is InChI=1S/C31H38ClN5O3/c1-24(38)37-15-6-4-2-3-5-13-35(23-27-9-8-25(20-29(27)37)22-36-14-7-12-33-36)31(39)26-10-11-28(32)30(21-26)34-16-18-40-19-17-34/h7-12,14,20-21H,2-6,13,15-19,22-23H2,1H3. The van der Waals surface area contributed by atoms with Crippen molar-refractivity contribution in [3.05, 3.63) is 76.6 Å². The number of aromatic nitrogens is 2. The molecular weight excluding hydrogens is 526 g/mol. The Morgan fingerprint density at radius 3 is 2.45 bits per heavy atom. The minimum Gasteiger partial charge on any atom is -0.378 e. The zero-order chi connectivity index (χ0) is 27.9. The zero-order valence-electron chi connectivity index (χ0n) is 23.2. The summed E-state index contributed by atoms with van der Waals surface area (Å²) in [6.07, 6.45) is 8.79. The van der Waals surface area contributed by atoms with Crippen molar-refractivity contribution in [2.24, 2.45) is 0 Å².